The number of hydrogen-bond donors (Lipinski definition) is 1. The number of hydrogen-bond acceptors (Lipinski definition) is 4. The highest BCUT2D eigenvalue weighted by Crippen LogP contribution is 2.37. The van der Waals surface area contributed by atoms with E-state index in [0.717, 1.165) is 72.4 Å². The molecule has 1 N–H and O–H groups in total. The van der Waals surface area contributed by atoms with Crippen molar-refractivity contribution in [2.75, 3.05) is 13.1 Å². The highest BCUT2D eigenvalue weighted by atomic mass is 35.5. The van der Waals surface area contributed by atoms with Gasteiger partial charge in [0.15, 0.2) is 0 Å². The number of aromatic carboxylic acids is 1. The number of nitrogens with zero attached hydrogens (tertiary/aromatic N) is 3. The number of halogens is 1. The quantitative estimate of drug-likeness (QED) is 0.179. The summed E-state index contributed by atoms with van der Waals surface area (Å²) in [6, 6.07) is 27.1. The summed E-state index contributed by atoms with van der Waals surface area (Å²) in [5.74, 6) is 1.30. The molecule has 0 unspecified atom stereocenters. The standard InChI is InChI=1S/C40H40ClN3O4/c1-26-19-21-43(22-20-26)39(45)29-11-17-35(27-7-13-32(41)14-8-27)31(23-29)25-48-34-15-9-28(10-16-34)38-42-36-24-30(40(46)47)12-18-37(36)44(38)33-5-3-2-4-6-33/h7-18,23-24,26,33H,2-6,19-22,25H2,1H3,(H,46,47). The van der Waals surface area contributed by atoms with Crippen molar-refractivity contribution in [3.05, 3.63) is 107 Å². The number of benzene rings is 4. The number of carbonyl (C=O) groups excluding carboxylic acids is 1. The van der Waals surface area contributed by atoms with E-state index in [4.69, 9.17) is 21.3 Å². The number of likely N-dealkylation sites (tertiary alicyclic amines) is 1. The van der Waals surface area contributed by atoms with Gasteiger partial charge in [0.25, 0.3) is 5.91 Å². The molecule has 1 saturated carbocycles. The van der Waals surface area contributed by atoms with E-state index in [9.17, 15) is 14.7 Å². The lowest BCUT2D eigenvalue weighted by Gasteiger charge is -2.30. The molecule has 8 heteroatoms. The first-order valence-electron chi connectivity index (χ1n) is 17.0. The van der Waals surface area contributed by atoms with E-state index in [2.05, 4.69) is 11.5 Å². The summed E-state index contributed by atoms with van der Waals surface area (Å²) in [6.07, 6.45) is 7.80. The largest absolute Gasteiger partial charge is 0.489 e. The number of fused-ring (bicyclic) bond motifs is 1. The predicted octanol–water partition coefficient (Wildman–Crippen LogP) is 9.68. The molecule has 1 aromatic heterocycles. The molecule has 5 aromatic rings. The van der Waals surface area contributed by atoms with Gasteiger partial charge < -0.3 is 19.3 Å². The Balaban J connectivity index is 1.16. The Morgan fingerprint density at radius 2 is 1.52 bits per heavy atom. The van der Waals surface area contributed by atoms with Crippen LogP contribution in [0.15, 0.2) is 84.9 Å². The number of aromatic nitrogens is 2. The van der Waals surface area contributed by atoms with Crippen LogP contribution in [0.4, 0.5) is 0 Å². The van der Waals surface area contributed by atoms with Gasteiger partial charge in [-0.1, -0.05) is 56.0 Å². The van der Waals surface area contributed by atoms with E-state index in [1.54, 1.807) is 12.1 Å². The summed E-state index contributed by atoms with van der Waals surface area (Å²) in [7, 11) is 0. The van der Waals surface area contributed by atoms with Crippen LogP contribution in [0, 0.1) is 5.92 Å². The van der Waals surface area contributed by atoms with Crippen molar-refractivity contribution in [3.8, 4) is 28.3 Å². The van der Waals surface area contributed by atoms with E-state index in [0.29, 0.717) is 33.8 Å². The predicted molar refractivity (Wildman–Crippen MR) is 190 cm³/mol. The molecule has 1 aliphatic heterocycles. The molecular weight excluding hydrogens is 622 g/mol. The highest BCUT2D eigenvalue weighted by molar-refractivity contribution is 6.30. The number of piperidine rings is 1. The fourth-order valence-corrected chi connectivity index (χ4v) is 7.28. The lowest BCUT2D eigenvalue weighted by atomic mass is 9.95. The molecule has 2 fully saturated rings. The van der Waals surface area contributed by atoms with Crippen LogP contribution in [0.1, 0.15) is 84.2 Å². The molecule has 1 saturated heterocycles. The average Bonchev–Trinajstić information content (AvgIpc) is 3.50. The van der Waals surface area contributed by atoms with Crippen LogP contribution in [0.25, 0.3) is 33.5 Å². The smallest absolute Gasteiger partial charge is 0.335 e. The van der Waals surface area contributed by atoms with Crippen LogP contribution < -0.4 is 4.74 Å². The summed E-state index contributed by atoms with van der Waals surface area (Å²) < 4.78 is 8.67. The minimum absolute atomic E-state index is 0.0616. The van der Waals surface area contributed by atoms with Crippen molar-refractivity contribution < 1.29 is 19.4 Å². The number of carboxylic acids is 1. The van der Waals surface area contributed by atoms with Crippen molar-refractivity contribution in [1.29, 1.82) is 0 Å². The van der Waals surface area contributed by atoms with Gasteiger partial charge in [0.05, 0.1) is 16.6 Å². The Morgan fingerprint density at radius 1 is 0.833 bits per heavy atom. The van der Waals surface area contributed by atoms with Gasteiger partial charge in [0.2, 0.25) is 0 Å². The molecule has 246 valence electrons. The molecule has 1 amide bonds. The topological polar surface area (TPSA) is 84.7 Å². The van der Waals surface area contributed by atoms with Crippen LogP contribution in [-0.4, -0.2) is 44.5 Å². The Hall–Kier alpha value is -4.62. The SMILES string of the molecule is CC1CCN(C(=O)c2ccc(-c3ccc(Cl)cc3)c(COc3ccc(-c4nc5cc(C(=O)O)ccc5n4C4CCCCC4)cc3)c2)CC1. The Labute approximate surface area is 286 Å². The molecule has 7 nitrogen and oxygen atoms in total. The number of imidazole rings is 1. The Bertz CT molecular complexity index is 1940. The Kier molecular flexibility index (Phi) is 9.22. The number of ether oxygens (including phenoxy) is 1. The minimum atomic E-state index is -0.956. The second-order valence-corrected chi connectivity index (χ2v) is 13.7. The van der Waals surface area contributed by atoms with Gasteiger partial charge in [-0.25, -0.2) is 9.78 Å². The zero-order chi connectivity index (χ0) is 33.2. The number of carbonyl (C=O) groups is 2. The third kappa shape index (κ3) is 6.70. The van der Waals surface area contributed by atoms with E-state index < -0.39 is 5.97 Å². The zero-order valence-corrected chi connectivity index (χ0v) is 28.0. The van der Waals surface area contributed by atoms with Gasteiger partial charge in [-0.2, -0.15) is 0 Å². The van der Waals surface area contributed by atoms with Gasteiger partial charge in [-0.3, -0.25) is 4.79 Å². The van der Waals surface area contributed by atoms with Gasteiger partial charge in [-0.15, -0.1) is 0 Å². The lowest BCUT2D eigenvalue weighted by Crippen LogP contribution is -2.37. The fraction of sp³-hybridized carbons (Fsp3) is 0.325. The highest BCUT2D eigenvalue weighted by Gasteiger charge is 2.24. The third-order valence-electron chi connectivity index (χ3n) is 9.96. The van der Waals surface area contributed by atoms with Crippen molar-refractivity contribution in [1.82, 2.24) is 14.5 Å². The van der Waals surface area contributed by atoms with Gasteiger partial charge in [-0.05, 0) is 115 Å². The van der Waals surface area contributed by atoms with Crippen molar-refractivity contribution >= 4 is 34.5 Å². The van der Waals surface area contributed by atoms with Gasteiger partial charge >= 0.3 is 5.97 Å². The van der Waals surface area contributed by atoms with E-state index in [1.807, 2.05) is 77.7 Å². The zero-order valence-electron chi connectivity index (χ0n) is 27.2. The van der Waals surface area contributed by atoms with E-state index in [-0.39, 0.29) is 18.1 Å². The summed E-state index contributed by atoms with van der Waals surface area (Å²) in [5, 5.41) is 10.2. The number of amides is 1. The third-order valence-corrected chi connectivity index (χ3v) is 10.2. The van der Waals surface area contributed by atoms with Gasteiger partial charge in [0.1, 0.15) is 18.2 Å². The molecular formula is C40H40ClN3O4. The van der Waals surface area contributed by atoms with Crippen molar-refractivity contribution in [2.45, 2.75) is 64.5 Å². The second-order valence-electron chi connectivity index (χ2n) is 13.3. The molecule has 1 aliphatic carbocycles. The van der Waals surface area contributed by atoms with Crippen molar-refractivity contribution in [3.63, 3.8) is 0 Å². The number of rotatable bonds is 8. The molecule has 0 radical (unpaired) electrons. The first-order valence-corrected chi connectivity index (χ1v) is 17.4. The molecule has 0 atom stereocenters. The van der Waals surface area contributed by atoms with Crippen molar-refractivity contribution in [2.24, 2.45) is 5.92 Å². The van der Waals surface area contributed by atoms with Crippen LogP contribution in [0.3, 0.4) is 0 Å². The summed E-state index contributed by atoms with van der Waals surface area (Å²) in [6.45, 7) is 4.10. The van der Waals surface area contributed by atoms with E-state index >= 15 is 0 Å². The fourth-order valence-electron chi connectivity index (χ4n) is 7.16. The molecule has 0 spiro atoms. The molecule has 4 aromatic carbocycles. The van der Waals surface area contributed by atoms with Crippen LogP contribution in [-0.2, 0) is 6.61 Å². The van der Waals surface area contributed by atoms with E-state index in [1.165, 1.54) is 19.3 Å². The molecule has 2 heterocycles. The molecule has 48 heavy (non-hydrogen) atoms. The minimum Gasteiger partial charge on any atom is -0.489 e. The van der Waals surface area contributed by atoms with Crippen LogP contribution in [0.5, 0.6) is 5.75 Å². The first kappa shape index (κ1) is 32.0. The molecule has 7 rings (SSSR count). The molecule has 2 aliphatic rings. The second kappa shape index (κ2) is 13.9. The van der Waals surface area contributed by atoms with Gasteiger partial charge in [0, 0.05) is 35.3 Å². The summed E-state index contributed by atoms with van der Waals surface area (Å²) in [5.41, 5.74) is 6.44. The normalized spacial score (nSPS) is 15.9. The maximum Gasteiger partial charge on any atom is 0.335 e. The maximum absolute atomic E-state index is 13.5. The monoisotopic (exact) mass is 661 g/mol. The first-order chi connectivity index (χ1) is 23.3. The molecule has 0 bridgehead atoms. The lowest BCUT2D eigenvalue weighted by molar-refractivity contribution is 0.0688. The average molecular weight is 662 g/mol. The summed E-state index contributed by atoms with van der Waals surface area (Å²) >= 11 is 6.19. The van der Waals surface area contributed by atoms with Crippen LogP contribution in [0.2, 0.25) is 5.02 Å². The summed E-state index contributed by atoms with van der Waals surface area (Å²) in [4.78, 5) is 32.1. The van der Waals surface area contributed by atoms with Crippen LogP contribution >= 0.6 is 11.6 Å². The maximum atomic E-state index is 13.5. The number of carboxylic acid groups (broad SMARTS) is 1. The Morgan fingerprint density at radius 3 is 2.23 bits per heavy atom.